The van der Waals surface area contributed by atoms with Crippen LogP contribution in [0.5, 0.6) is 0 Å². The number of nitrogens with two attached hydrogens (primary N) is 1. The molecular formula is C19H30ClN3O3S. The van der Waals surface area contributed by atoms with E-state index in [9.17, 15) is 13.2 Å². The fraction of sp³-hybridized carbons (Fsp3) is 0.632. The van der Waals surface area contributed by atoms with Crippen LogP contribution in [-0.4, -0.2) is 55.8 Å². The first kappa shape index (κ1) is 22.1. The van der Waals surface area contributed by atoms with Gasteiger partial charge in [0.2, 0.25) is 10.0 Å². The standard InChI is InChI=1S/C19H29N3O3S.ClH/c1-15-9-12-22(17(13-15)14-20)19(23)16-5-7-18(8-6-16)26(24,25)21-10-3-2-4-11-21;/h5-8,15,17H,2-4,9-14,20H2,1H3;1H. The Bertz CT molecular complexity index is 733. The van der Waals surface area contributed by atoms with E-state index in [1.54, 1.807) is 28.6 Å². The summed E-state index contributed by atoms with van der Waals surface area (Å²) in [6.45, 7) is 4.50. The lowest BCUT2D eigenvalue weighted by atomic mass is 9.92. The molecule has 2 saturated heterocycles. The highest BCUT2D eigenvalue weighted by atomic mass is 35.5. The number of benzene rings is 1. The third-order valence-corrected chi connectivity index (χ3v) is 7.48. The average molecular weight is 416 g/mol. The number of likely N-dealkylation sites (tertiary alicyclic amines) is 1. The molecule has 1 amide bonds. The number of hydrogen-bond acceptors (Lipinski definition) is 4. The first-order valence-electron chi connectivity index (χ1n) is 9.54. The van der Waals surface area contributed by atoms with Crippen molar-refractivity contribution in [1.29, 1.82) is 0 Å². The SMILES string of the molecule is CC1CCN(C(=O)c2ccc(S(=O)(=O)N3CCCCC3)cc2)C(CN)C1.Cl. The summed E-state index contributed by atoms with van der Waals surface area (Å²) in [6.07, 6.45) is 4.79. The molecule has 2 fully saturated rings. The van der Waals surface area contributed by atoms with E-state index in [1.165, 1.54) is 0 Å². The molecule has 1 aromatic carbocycles. The number of sulfonamides is 1. The van der Waals surface area contributed by atoms with E-state index in [0.29, 0.717) is 37.7 Å². The maximum atomic E-state index is 12.8. The van der Waals surface area contributed by atoms with Gasteiger partial charge < -0.3 is 10.6 Å². The normalized spacial score (nSPS) is 24.3. The van der Waals surface area contributed by atoms with Crippen LogP contribution in [0.2, 0.25) is 0 Å². The third-order valence-electron chi connectivity index (χ3n) is 5.57. The van der Waals surface area contributed by atoms with Crippen LogP contribution < -0.4 is 5.73 Å². The third kappa shape index (κ3) is 4.83. The van der Waals surface area contributed by atoms with Crippen molar-refractivity contribution in [1.82, 2.24) is 9.21 Å². The minimum absolute atomic E-state index is 0. The molecule has 2 heterocycles. The number of nitrogens with zero attached hydrogens (tertiary/aromatic N) is 2. The van der Waals surface area contributed by atoms with Gasteiger partial charge in [0.15, 0.2) is 0 Å². The Labute approximate surface area is 168 Å². The van der Waals surface area contributed by atoms with Gasteiger partial charge in [0, 0.05) is 37.8 Å². The summed E-state index contributed by atoms with van der Waals surface area (Å²) in [7, 11) is -3.46. The van der Waals surface area contributed by atoms with Crippen molar-refractivity contribution in [2.75, 3.05) is 26.2 Å². The molecular weight excluding hydrogens is 386 g/mol. The van der Waals surface area contributed by atoms with E-state index in [4.69, 9.17) is 5.73 Å². The van der Waals surface area contributed by atoms with Crippen LogP contribution in [0.4, 0.5) is 0 Å². The van der Waals surface area contributed by atoms with Crippen LogP contribution in [0, 0.1) is 5.92 Å². The second kappa shape index (κ2) is 9.37. The first-order chi connectivity index (χ1) is 12.4. The van der Waals surface area contributed by atoms with E-state index < -0.39 is 10.0 Å². The number of halogens is 1. The van der Waals surface area contributed by atoms with Gasteiger partial charge >= 0.3 is 0 Å². The molecule has 0 aromatic heterocycles. The summed E-state index contributed by atoms with van der Waals surface area (Å²) < 4.78 is 27.0. The zero-order valence-electron chi connectivity index (χ0n) is 15.8. The molecule has 3 rings (SSSR count). The number of rotatable bonds is 4. The maximum Gasteiger partial charge on any atom is 0.254 e. The average Bonchev–Trinajstić information content (AvgIpc) is 2.68. The lowest BCUT2D eigenvalue weighted by Gasteiger charge is -2.38. The lowest BCUT2D eigenvalue weighted by Crippen LogP contribution is -2.49. The minimum Gasteiger partial charge on any atom is -0.334 e. The quantitative estimate of drug-likeness (QED) is 0.818. The molecule has 2 aliphatic heterocycles. The maximum absolute atomic E-state index is 12.8. The minimum atomic E-state index is -3.46. The Morgan fingerprint density at radius 1 is 1.11 bits per heavy atom. The van der Waals surface area contributed by atoms with Crippen molar-refractivity contribution in [3.8, 4) is 0 Å². The number of carbonyl (C=O) groups excluding carboxylic acids is 1. The first-order valence-corrected chi connectivity index (χ1v) is 11.0. The Balaban J connectivity index is 0.00000261. The number of carbonyl (C=O) groups is 1. The Morgan fingerprint density at radius 3 is 2.33 bits per heavy atom. The monoisotopic (exact) mass is 415 g/mol. The second-order valence-electron chi connectivity index (χ2n) is 7.51. The van der Waals surface area contributed by atoms with Crippen molar-refractivity contribution >= 4 is 28.3 Å². The van der Waals surface area contributed by atoms with Gasteiger partial charge in [-0.05, 0) is 55.9 Å². The van der Waals surface area contributed by atoms with Gasteiger partial charge in [-0.3, -0.25) is 4.79 Å². The van der Waals surface area contributed by atoms with Crippen LogP contribution in [0.25, 0.3) is 0 Å². The van der Waals surface area contributed by atoms with E-state index in [1.807, 2.05) is 4.90 Å². The van der Waals surface area contributed by atoms with Gasteiger partial charge in [-0.15, -0.1) is 12.4 Å². The second-order valence-corrected chi connectivity index (χ2v) is 9.44. The molecule has 6 nitrogen and oxygen atoms in total. The highest BCUT2D eigenvalue weighted by Gasteiger charge is 2.30. The van der Waals surface area contributed by atoms with Crippen molar-refractivity contribution in [2.24, 2.45) is 11.7 Å². The molecule has 1 aromatic rings. The van der Waals surface area contributed by atoms with Gasteiger partial charge in [0.1, 0.15) is 0 Å². The zero-order chi connectivity index (χ0) is 18.7. The number of amides is 1. The molecule has 8 heteroatoms. The molecule has 2 N–H and O–H groups in total. The Morgan fingerprint density at radius 2 is 1.74 bits per heavy atom. The Hall–Kier alpha value is -1.15. The number of hydrogen-bond donors (Lipinski definition) is 1. The van der Waals surface area contributed by atoms with E-state index in [2.05, 4.69) is 6.92 Å². The van der Waals surface area contributed by atoms with Crippen molar-refractivity contribution in [2.45, 2.75) is 50.0 Å². The number of piperidine rings is 2. The summed E-state index contributed by atoms with van der Waals surface area (Å²) in [5.74, 6) is 0.513. The predicted octanol–water partition coefficient (Wildman–Crippen LogP) is 2.48. The van der Waals surface area contributed by atoms with Crippen LogP contribution >= 0.6 is 12.4 Å². The summed E-state index contributed by atoms with van der Waals surface area (Å²) in [4.78, 5) is 15.0. The van der Waals surface area contributed by atoms with Crippen LogP contribution in [0.3, 0.4) is 0 Å². The highest BCUT2D eigenvalue weighted by Crippen LogP contribution is 2.25. The largest absolute Gasteiger partial charge is 0.334 e. The van der Waals surface area contributed by atoms with Gasteiger partial charge in [0.05, 0.1) is 4.90 Å². The molecule has 0 bridgehead atoms. The van der Waals surface area contributed by atoms with Crippen molar-refractivity contribution in [3.05, 3.63) is 29.8 Å². The molecule has 0 spiro atoms. The van der Waals surface area contributed by atoms with E-state index in [0.717, 1.165) is 32.1 Å². The fourth-order valence-electron chi connectivity index (χ4n) is 3.93. The van der Waals surface area contributed by atoms with Gasteiger partial charge in [-0.1, -0.05) is 13.3 Å². The Kier molecular flexibility index (Phi) is 7.68. The van der Waals surface area contributed by atoms with E-state index >= 15 is 0 Å². The topological polar surface area (TPSA) is 83.7 Å². The van der Waals surface area contributed by atoms with Crippen LogP contribution in [0.15, 0.2) is 29.2 Å². The fourth-order valence-corrected chi connectivity index (χ4v) is 5.45. The van der Waals surface area contributed by atoms with Crippen LogP contribution in [-0.2, 0) is 10.0 Å². The molecule has 27 heavy (non-hydrogen) atoms. The molecule has 152 valence electrons. The highest BCUT2D eigenvalue weighted by molar-refractivity contribution is 7.89. The van der Waals surface area contributed by atoms with Gasteiger partial charge in [-0.2, -0.15) is 4.31 Å². The predicted molar refractivity (Wildman–Crippen MR) is 109 cm³/mol. The smallest absolute Gasteiger partial charge is 0.254 e. The molecule has 2 unspecified atom stereocenters. The van der Waals surface area contributed by atoms with Crippen molar-refractivity contribution in [3.63, 3.8) is 0 Å². The molecule has 2 aliphatic rings. The van der Waals surface area contributed by atoms with Crippen molar-refractivity contribution < 1.29 is 13.2 Å². The van der Waals surface area contributed by atoms with Gasteiger partial charge in [0.25, 0.3) is 5.91 Å². The summed E-state index contributed by atoms with van der Waals surface area (Å²) in [5.41, 5.74) is 6.38. The zero-order valence-corrected chi connectivity index (χ0v) is 17.5. The van der Waals surface area contributed by atoms with Gasteiger partial charge in [-0.25, -0.2) is 8.42 Å². The lowest BCUT2D eigenvalue weighted by molar-refractivity contribution is 0.0573. The summed E-state index contributed by atoms with van der Waals surface area (Å²) in [6, 6.07) is 6.43. The van der Waals surface area contributed by atoms with E-state index in [-0.39, 0.29) is 29.3 Å². The molecule has 0 radical (unpaired) electrons. The molecule has 0 aliphatic carbocycles. The van der Waals surface area contributed by atoms with Crippen LogP contribution in [0.1, 0.15) is 49.4 Å². The summed E-state index contributed by atoms with van der Waals surface area (Å²) >= 11 is 0. The summed E-state index contributed by atoms with van der Waals surface area (Å²) in [5, 5.41) is 0. The molecule has 2 atom stereocenters. The molecule has 0 saturated carbocycles.